The van der Waals surface area contributed by atoms with Crippen LogP contribution in [0.4, 0.5) is 5.69 Å². The highest BCUT2D eigenvalue weighted by Crippen LogP contribution is 2.12. The number of alkyl halides is 1. The van der Waals surface area contributed by atoms with Gasteiger partial charge in [-0.05, 0) is 18.4 Å². The maximum atomic E-state index is 11.6. The first-order chi connectivity index (χ1) is 6.77. The Morgan fingerprint density at radius 2 is 2.14 bits per heavy atom. The number of thioether (sulfide) groups is 1. The molecule has 1 aromatic carbocycles. The number of halogens is 1. The molecule has 0 fully saturated rings. The molecular formula is C10H12ClNOS. The van der Waals surface area contributed by atoms with E-state index in [2.05, 4.69) is 5.32 Å². The second-order valence-corrected chi connectivity index (χ2v) is 4.08. The summed E-state index contributed by atoms with van der Waals surface area (Å²) in [5, 5.41) is 2.62. The van der Waals surface area contributed by atoms with Crippen LogP contribution in [0.15, 0.2) is 30.3 Å². The van der Waals surface area contributed by atoms with Gasteiger partial charge in [0.05, 0.1) is 5.25 Å². The van der Waals surface area contributed by atoms with E-state index >= 15 is 0 Å². The summed E-state index contributed by atoms with van der Waals surface area (Å²) in [4.78, 5) is 11.6. The average molecular weight is 230 g/mol. The molecule has 0 aliphatic heterocycles. The number of rotatable bonds is 4. The largest absolute Gasteiger partial charge is 0.325 e. The van der Waals surface area contributed by atoms with Gasteiger partial charge in [0.2, 0.25) is 5.91 Å². The van der Waals surface area contributed by atoms with Gasteiger partial charge >= 0.3 is 0 Å². The third-order valence-corrected chi connectivity index (χ3v) is 3.20. The van der Waals surface area contributed by atoms with Crippen LogP contribution in [-0.4, -0.2) is 23.3 Å². The molecule has 0 saturated heterocycles. The minimum Gasteiger partial charge on any atom is -0.325 e. The van der Waals surface area contributed by atoms with Crippen molar-refractivity contribution < 1.29 is 4.79 Å². The molecule has 0 bridgehead atoms. The summed E-state index contributed by atoms with van der Waals surface area (Å²) in [6.07, 6.45) is 1.87. The Balaban J connectivity index is 2.57. The molecule has 1 aromatic rings. The maximum absolute atomic E-state index is 11.6. The van der Waals surface area contributed by atoms with E-state index in [0.717, 1.165) is 5.69 Å². The van der Waals surface area contributed by atoms with Crippen LogP contribution in [0.25, 0.3) is 0 Å². The molecule has 14 heavy (non-hydrogen) atoms. The molecule has 1 amide bonds. The molecule has 4 heteroatoms. The van der Waals surface area contributed by atoms with Crippen LogP contribution >= 0.6 is 23.4 Å². The molecule has 0 saturated carbocycles. The Morgan fingerprint density at radius 3 is 2.64 bits per heavy atom. The summed E-state index contributed by atoms with van der Waals surface area (Å²) >= 11 is 7.10. The van der Waals surface area contributed by atoms with Gasteiger partial charge in [-0.15, -0.1) is 11.6 Å². The lowest BCUT2D eigenvalue weighted by Crippen LogP contribution is -2.26. The van der Waals surface area contributed by atoms with E-state index in [9.17, 15) is 4.79 Å². The summed E-state index contributed by atoms with van der Waals surface area (Å²) < 4.78 is 0. The molecule has 1 unspecified atom stereocenters. The Labute approximate surface area is 93.0 Å². The summed E-state index contributed by atoms with van der Waals surface area (Å²) in [5.74, 6) is 0.290. The van der Waals surface area contributed by atoms with Crippen LogP contribution in [0, 0.1) is 0 Å². The lowest BCUT2D eigenvalue weighted by Gasteiger charge is -2.11. The van der Waals surface area contributed by atoms with Crippen LogP contribution in [0.1, 0.15) is 0 Å². The van der Waals surface area contributed by atoms with Gasteiger partial charge in [0.15, 0.2) is 0 Å². The van der Waals surface area contributed by atoms with E-state index in [4.69, 9.17) is 11.6 Å². The van der Waals surface area contributed by atoms with Crippen molar-refractivity contribution in [2.24, 2.45) is 0 Å². The highest BCUT2D eigenvalue weighted by Gasteiger charge is 2.15. The predicted molar refractivity (Wildman–Crippen MR) is 63.1 cm³/mol. The zero-order valence-corrected chi connectivity index (χ0v) is 9.44. The van der Waals surface area contributed by atoms with Crippen molar-refractivity contribution in [1.29, 1.82) is 0 Å². The quantitative estimate of drug-likeness (QED) is 0.805. The average Bonchev–Trinajstić information content (AvgIpc) is 2.21. The van der Waals surface area contributed by atoms with E-state index in [0.29, 0.717) is 5.88 Å². The Kier molecular flexibility index (Phi) is 4.84. The fraction of sp³-hybridized carbons (Fsp3) is 0.300. The number of benzene rings is 1. The minimum atomic E-state index is -0.183. The fourth-order valence-electron chi connectivity index (χ4n) is 0.984. The normalized spacial score (nSPS) is 12.1. The number of anilines is 1. The molecule has 0 aromatic heterocycles. The molecule has 0 aliphatic carbocycles. The number of carbonyl (C=O) groups is 1. The highest BCUT2D eigenvalue weighted by atomic mass is 35.5. The highest BCUT2D eigenvalue weighted by molar-refractivity contribution is 8.00. The van der Waals surface area contributed by atoms with E-state index < -0.39 is 0 Å². The standard InChI is InChI=1S/C10H12ClNOS/c1-14-9(7-11)10(13)12-8-5-3-2-4-6-8/h2-6,9H,7H2,1H3,(H,12,13). The lowest BCUT2D eigenvalue weighted by molar-refractivity contribution is -0.115. The predicted octanol–water partition coefficient (Wildman–Crippen LogP) is 2.60. The minimum absolute atomic E-state index is 0.0429. The van der Waals surface area contributed by atoms with Gasteiger partial charge in [0.1, 0.15) is 0 Å². The van der Waals surface area contributed by atoms with Gasteiger partial charge in [-0.1, -0.05) is 18.2 Å². The monoisotopic (exact) mass is 229 g/mol. The number of nitrogens with one attached hydrogen (secondary N) is 1. The van der Waals surface area contributed by atoms with Gasteiger partial charge in [0.25, 0.3) is 0 Å². The van der Waals surface area contributed by atoms with Crippen LogP contribution in [-0.2, 0) is 4.79 Å². The fourth-order valence-corrected chi connectivity index (χ4v) is 1.90. The molecule has 0 radical (unpaired) electrons. The zero-order chi connectivity index (χ0) is 10.4. The van der Waals surface area contributed by atoms with Crippen LogP contribution in [0.5, 0.6) is 0 Å². The second kappa shape index (κ2) is 5.94. The van der Waals surface area contributed by atoms with Crippen molar-refractivity contribution in [3.05, 3.63) is 30.3 Å². The number of para-hydroxylation sites is 1. The molecule has 0 spiro atoms. The number of amides is 1. The lowest BCUT2D eigenvalue weighted by atomic mass is 10.3. The first-order valence-corrected chi connectivity index (χ1v) is 6.05. The summed E-state index contributed by atoms with van der Waals surface area (Å²) in [7, 11) is 0. The van der Waals surface area contributed by atoms with Crippen molar-refractivity contribution in [1.82, 2.24) is 0 Å². The van der Waals surface area contributed by atoms with Gasteiger partial charge in [-0.3, -0.25) is 4.79 Å². The zero-order valence-electron chi connectivity index (χ0n) is 7.87. The Hall–Kier alpha value is -0.670. The van der Waals surface area contributed by atoms with Gasteiger partial charge in [-0.2, -0.15) is 11.8 Å². The van der Waals surface area contributed by atoms with E-state index in [-0.39, 0.29) is 11.2 Å². The third kappa shape index (κ3) is 3.24. The van der Waals surface area contributed by atoms with Crippen molar-refractivity contribution in [2.75, 3.05) is 17.5 Å². The molecular weight excluding hydrogens is 218 g/mol. The molecule has 76 valence electrons. The summed E-state index contributed by atoms with van der Waals surface area (Å²) in [6, 6.07) is 9.37. The first kappa shape index (κ1) is 11.4. The van der Waals surface area contributed by atoms with Gasteiger partial charge in [-0.25, -0.2) is 0 Å². The smallest absolute Gasteiger partial charge is 0.238 e. The van der Waals surface area contributed by atoms with Crippen molar-refractivity contribution in [3.63, 3.8) is 0 Å². The number of carbonyl (C=O) groups excluding carboxylic acids is 1. The van der Waals surface area contributed by atoms with Crippen LogP contribution in [0.3, 0.4) is 0 Å². The first-order valence-electron chi connectivity index (χ1n) is 4.22. The molecule has 0 aliphatic rings. The SMILES string of the molecule is CSC(CCl)C(=O)Nc1ccccc1. The Morgan fingerprint density at radius 1 is 1.50 bits per heavy atom. The van der Waals surface area contributed by atoms with Crippen molar-refractivity contribution >= 4 is 35.0 Å². The van der Waals surface area contributed by atoms with E-state index in [1.807, 2.05) is 36.6 Å². The molecule has 1 N–H and O–H groups in total. The van der Waals surface area contributed by atoms with Gasteiger partial charge < -0.3 is 5.32 Å². The van der Waals surface area contributed by atoms with Crippen LogP contribution in [0.2, 0.25) is 0 Å². The van der Waals surface area contributed by atoms with E-state index in [1.54, 1.807) is 0 Å². The summed E-state index contributed by atoms with van der Waals surface area (Å²) in [5.41, 5.74) is 0.807. The topological polar surface area (TPSA) is 29.1 Å². The van der Waals surface area contributed by atoms with Crippen molar-refractivity contribution in [3.8, 4) is 0 Å². The molecule has 0 heterocycles. The maximum Gasteiger partial charge on any atom is 0.238 e. The summed E-state index contributed by atoms with van der Waals surface area (Å²) in [6.45, 7) is 0. The number of hydrogen-bond donors (Lipinski definition) is 1. The third-order valence-electron chi connectivity index (χ3n) is 1.76. The molecule has 2 nitrogen and oxygen atoms in total. The molecule has 1 atom stereocenters. The molecule has 1 rings (SSSR count). The van der Waals surface area contributed by atoms with Gasteiger partial charge in [0, 0.05) is 11.6 Å². The number of hydrogen-bond acceptors (Lipinski definition) is 2. The van der Waals surface area contributed by atoms with Crippen molar-refractivity contribution in [2.45, 2.75) is 5.25 Å². The van der Waals surface area contributed by atoms with E-state index in [1.165, 1.54) is 11.8 Å². The van der Waals surface area contributed by atoms with Crippen LogP contribution < -0.4 is 5.32 Å². The Bertz CT molecular complexity index is 287. The second-order valence-electron chi connectivity index (χ2n) is 2.73.